The predicted octanol–water partition coefficient (Wildman–Crippen LogP) is 5.45. The van der Waals surface area contributed by atoms with E-state index in [1.807, 2.05) is 25.2 Å². The predicted molar refractivity (Wildman–Crippen MR) is 113 cm³/mol. The highest BCUT2D eigenvalue weighted by molar-refractivity contribution is 5.23. The lowest BCUT2D eigenvalue weighted by molar-refractivity contribution is 0.453. The highest BCUT2D eigenvalue weighted by atomic mass is 15.1. The van der Waals surface area contributed by atoms with E-state index in [1.165, 1.54) is 22.3 Å². The van der Waals surface area contributed by atoms with Gasteiger partial charge in [-0.05, 0) is 31.9 Å². The molecular formula is C24H30N2. The average molecular weight is 347 g/mol. The zero-order valence-corrected chi connectivity index (χ0v) is 16.1. The van der Waals surface area contributed by atoms with Gasteiger partial charge in [-0.3, -0.25) is 10.6 Å². The molecule has 0 fully saturated rings. The average Bonchev–Trinajstić information content (AvgIpc) is 2.67. The highest BCUT2D eigenvalue weighted by Crippen LogP contribution is 2.12. The molecule has 0 aliphatic heterocycles. The van der Waals surface area contributed by atoms with Crippen LogP contribution in [0.1, 0.15) is 36.7 Å². The minimum atomic E-state index is 0.111. The molecule has 2 nitrogen and oxygen atoms in total. The molecule has 0 amide bonds. The van der Waals surface area contributed by atoms with E-state index in [2.05, 4.69) is 91.2 Å². The van der Waals surface area contributed by atoms with Crippen LogP contribution in [-0.4, -0.2) is 6.54 Å². The maximum absolute atomic E-state index is 3.64. The van der Waals surface area contributed by atoms with Crippen LogP contribution in [0.25, 0.3) is 0 Å². The van der Waals surface area contributed by atoms with Crippen LogP contribution in [0.5, 0.6) is 0 Å². The lowest BCUT2D eigenvalue weighted by Gasteiger charge is -2.21. The van der Waals surface area contributed by atoms with Gasteiger partial charge in [0, 0.05) is 13.1 Å². The van der Waals surface area contributed by atoms with Crippen molar-refractivity contribution in [3.63, 3.8) is 0 Å². The van der Waals surface area contributed by atoms with Crippen LogP contribution in [0.3, 0.4) is 0 Å². The SMILES string of the molecule is C\C=C/C=C\C=C(/C)CNC(NCc1ccc(C)cc1)c1ccccc1. The molecule has 0 aliphatic rings. The molecular weight excluding hydrogens is 316 g/mol. The van der Waals surface area contributed by atoms with Gasteiger partial charge in [0.25, 0.3) is 0 Å². The fourth-order valence-corrected chi connectivity index (χ4v) is 2.60. The molecule has 0 bridgehead atoms. The lowest BCUT2D eigenvalue weighted by Crippen LogP contribution is -2.34. The van der Waals surface area contributed by atoms with Gasteiger partial charge in [0.15, 0.2) is 0 Å². The minimum absolute atomic E-state index is 0.111. The van der Waals surface area contributed by atoms with Crippen molar-refractivity contribution in [1.29, 1.82) is 0 Å². The summed E-state index contributed by atoms with van der Waals surface area (Å²) in [5.74, 6) is 0. The van der Waals surface area contributed by atoms with Crippen molar-refractivity contribution in [2.24, 2.45) is 0 Å². The largest absolute Gasteiger partial charge is 0.294 e. The Morgan fingerprint density at radius 2 is 1.65 bits per heavy atom. The Morgan fingerprint density at radius 3 is 2.35 bits per heavy atom. The minimum Gasteiger partial charge on any atom is -0.294 e. The molecule has 0 radical (unpaired) electrons. The van der Waals surface area contributed by atoms with Crippen LogP contribution in [0, 0.1) is 6.92 Å². The second-order valence-electron chi connectivity index (χ2n) is 6.51. The summed E-state index contributed by atoms with van der Waals surface area (Å²) in [6.45, 7) is 7.95. The van der Waals surface area contributed by atoms with Crippen molar-refractivity contribution in [2.45, 2.75) is 33.5 Å². The second kappa shape index (κ2) is 11.2. The molecule has 1 atom stereocenters. The van der Waals surface area contributed by atoms with Gasteiger partial charge >= 0.3 is 0 Å². The summed E-state index contributed by atoms with van der Waals surface area (Å²) in [5.41, 5.74) is 5.12. The van der Waals surface area contributed by atoms with E-state index in [0.29, 0.717) is 0 Å². The summed E-state index contributed by atoms with van der Waals surface area (Å²) in [6, 6.07) is 19.2. The van der Waals surface area contributed by atoms with E-state index in [1.54, 1.807) is 0 Å². The topological polar surface area (TPSA) is 24.1 Å². The molecule has 0 saturated heterocycles. The molecule has 0 spiro atoms. The van der Waals surface area contributed by atoms with Crippen LogP contribution in [0.15, 0.2) is 90.6 Å². The summed E-state index contributed by atoms with van der Waals surface area (Å²) < 4.78 is 0. The number of hydrogen-bond acceptors (Lipinski definition) is 2. The van der Waals surface area contributed by atoms with E-state index in [4.69, 9.17) is 0 Å². The first-order chi connectivity index (χ1) is 12.7. The van der Waals surface area contributed by atoms with Crippen molar-refractivity contribution in [1.82, 2.24) is 10.6 Å². The van der Waals surface area contributed by atoms with Crippen LogP contribution in [0.2, 0.25) is 0 Å². The summed E-state index contributed by atoms with van der Waals surface area (Å²) in [7, 11) is 0. The van der Waals surface area contributed by atoms with Gasteiger partial charge in [0.05, 0.1) is 6.17 Å². The number of allylic oxidation sites excluding steroid dienone is 5. The number of nitrogens with one attached hydrogen (secondary N) is 2. The number of benzene rings is 2. The van der Waals surface area contributed by atoms with E-state index in [0.717, 1.165) is 13.1 Å². The van der Waals surface area contributed by atoms with Crippen LogP contribution in [-0.2, 0) is 6.54 Å². The zero-order valence-electron chi connectivity index (χ0n) is 16.1. The first kappa shape index (κ1) is 19.9. The lowest BCUT2D eigenvalue weighted by atomic mass is 10.1. The summed E-state index contributed by atoms with van der Waals surface area (Å²) in [6.07, 6.45) is 10.4. The van der Waals surface area contributed by atoms with Crippen LogP contribution >= 0.6 is 0 Å². The van der Waals surface area contributed by atoms with E-state index >= 15 is 0 Å². The molecule has 0 saturated carbocycles. The van der Waals surface area contributed by atoms with Crippen molar-refractivity contribution in [2.75, 3.05) is 6.54 Å². The number of hydrogen-bond donors (Lipinski definition) is 2. The Morgan fingerprint density at radius 1 is 0.923 bits per heavy atom. The van der Waals surface area contributed by atoms with Crippen molar-refractivity contribution < 1.29 is 0 Å². The molecule has 26 heavy (non-hydrogen) atoms. The first-order valence-electron chi connectivity index (χ1n) is 9.21. The molecule has 0 aromatic heterocycles. The van der Waals surface area contributed by atoms with Crippen LogP contribution < -0.4 is 10.6 Å². The van der Waals surface area contributed by atoms with Crippen LogP contribution in [0.4, 0.5) is 0 Å². The normalized spacial score (nSPS) is 13.6. The van der Waals surface area contributed by atoms with Gasteiger partial charge in [0.2, 0.25) is 0 Å². The maximum Gasteiger partial charge on any atom is 0.0840 e. The third-order valence-corrected chi connectivity index (χ3v) is 4.14. The van der Waals surface area contributed by atoms with Crippen molar-refractivity contribution in [3.8, 4) is 0 Å². The molecule has 2 aromatic rings. The summed E-state index contributed by atoms with van der Waals surface area (Å²) in [5, 5.41) is 7.26. The van der Waals surface area contributed by atoms with Crippen molar-refractivity contribution >= 4 is 0 Å². The van der Waals surface area contributed by atoms with Gasteiger partial charge in [-0.15, -0.1) is 0 Å². The summed E-state index contributed by atoms with van der Waals surface area (Å²) in [4.78, 5) is 0. The summed E-state index contributed by atoms with van der Waals surface area (Å²) >= 11 is 0. The van der Waals surface area contributed by atoms with Gasteiger partial charge in [-0.2, -0.15) is 0 Å². The Hall–Kier alpha value is -2.42. The van der Waals surface area contributed by atoms with Gasteiger partial charge < -0.3 is 0 Å². The maximum atomic E-state index is 3.64. The molecule has 2 heteroatoms. The third kappa shape index (κ3) is 7.22. The van der Waals surface area contributed by atoms with Gasteiger partial charge in [-0.1, -0.05) is 96.1 Å². The smallest absolute Gasteiger partial charge is 0.0840 e. The van der Waals surface area contributed by atoms with Gasteiger partial charge in [0.1, 0.15) is 0 Å². The standard InChI is InChI=1S/C24H30N2/c1-4-5-6-8-11-21(3)18-25-24(23-12-9-7-10-13-23)26-19-22-16-14-20(2)15-17-22/h4-17,24-26H,18-19H2,1-3H3/b5-4-,8-6-,21-11+. The van der Waals surface area contributed by atoms with Crippen molar-refractivity contribution in [3.05, 3.63) is 107 Å². The van der Waals surface area contributed by atoms with Gasteiger partial charge in [-0.25, -0.2) is 0 Å². The fraction of sp³-hybridized carbons (Fsp3) is 0.250. The fourth-order valence-electron chi connectivity index (χ4n) is 2.60. The zero-order chi connectivity index (χ0) is 18.6. The Labute approximate surface area is 158 Å². The Kier molecular flexibility index (Phi) is 8.61. The molecule has 2 rings (SSSR count). The Bertz CT molecular complexity index is 725. The monoisotopic (exact) mass is 346 g/mol. The third-order valence-electron chi connectivity index (χ3n) is 4.14. The number of rotatable bonds is 9. The molecule has 0 heterocycles. The van der Waals surface area contributed by atoms with E-state index in [9.17, 15) is 0 Å². The molecule has 136 valence electrons. The first-order valence-corrected chi connectivity index (χ1v) is 9.21. The molecule has 1 unspecified atom stereocenters. The van der Waals surface area contributed by atoms with E-state index in [-0.39, 0.29) is 6.17 Å². The molecule has 0 aliphatic carbocycles. The highest BCUT2D eigenvalue weighted by Gasteiger charge is 2.09. The molecule has 2 aromatic carbocycles. The molecule has 2 N–H and O–H groups in total. The number of aryl methyl sites for hydroxylation is 1. The Balaban J connectivity index is 1.98. The second-order valence-corrected chi connectivity index (χ2v) is 6.51. The quantitative estimate of drug-likeness (QED) is 0.466. The van der Waals surface area contributed by atoms with E-state index < -0.39 is 0 Å².